The molecule has 2 aliphatic rings. The summed E-state index contributed by atoms with van der Waals surface area (Å²) in [4.78, 5) is 38.2. The smallest absolute Gasteiger partial charge is 0.202 e. The first-order chi connectivity index (χ1) is 23.2. The van der Waals surface area contributed by atoms with E-state index in [4.69, 9.17) is 25.4 Å². The number of Topliss-reactive ketones (excluding diaryl/α,β-unsaturated/α-hetero) is 1. The van der Waals surface area contributed by atoms with Gasteiger partial charge in [-0.3, -0.25) is 14.4 Å². The summed E-state index contributed by atoms with van der Waals surface area (Å²) >= 11 is 0. The lowest BCUT2D eigenvalue weighted by Gasteiger charge is -2.34. The highest BCUT2D eigenvalue weighted by Gasteiger charge is 2.45. The van der Waals surface area contributed by atoms with E-state index in [1.54, 1.807) is 6.92 Å². The molecule has 2 aliphatic carbocycles. The predicted molar refractivity (Wildman–Crippen MR) is 184 cm³/mol. The molecule has 0 aromatic heterocycles. The van der Waals surface area contributed by atoms with Crippen LogP contribution in [-0.4, -0.2) is 99.3 Å². The van der Waals surface area contributed by atoms with Crippen molar-refractivity contribution in [1.82, 2.24) is 0 Å². The number of carbonyl (C=O) groups is 3. The van der Waals surface area contributed by atoms with Gasteiger partial charge in [0.25, 0.3) is 0 Å². The maximum absolute atomic E-state index is 13.1. The van der Waals surface area contributed by atoms with Crippen LogP contribution in [0.5, 0.6) is 17.2 Å². The van der Waals surface area contributed by atoms with E-state index in [0.717, 1.165) is 0 Å². The van der Waals surface area contributed by atoms with Crippen LogP contribution in [0.1, 0.15) is 81.3 Å². The number of methoxy groups -OCH3 is 2. The second-order valence-corrected chi connectivity index (χ2v) is 11.6. The van der Waals surface area contributed by atoms with E-state index in [9.17, 15) is 34.8 Å². The van der Waals surface area contributed by atoms with Crippen molar-refractivity contribution >= 4 is 17.3 Å². The van der Waals surface area contributed by atoms with Crippen molar-refractivity contribution in [1.29, 1.82) is 0 Å². The Morgan fingerprint density at radius 1 is 0.898 bits per heavy atom. The van der Waals surface area contributed by atoms with Gasteiger partial charge in [-0.1, -0.05) is 50.2 Å². The Morgan fingerprint density at radius 2 is 1.45 bits per heavy atom. The topological polar surface area (TPSA) is 217 Å². The van der Waals surface area contributed by atoms with Crippen LogP contribution in [0.3, 0.4) is 0 Å². The molecule has 3 aromatic carbocycles. The minimum absolute atomic E-state index is 0.00456. The zero-order valence-electron chi connectivity index (χ0n) is 29.1. The second-order valence-electron chi connectivity index (χ2n) is 11.6. The Hall–Kier alpha value is -4.17. The maximum atomic E-state index is 13.1. The first-order valence-electron chi connectivity index (χ1n) is 16.0. The van der Waals surface area contributed by atoms with Gasteiger partial charge < -0.3 is 45.8 Å². The highest BCUT2D eigenvalue weighted by atomic mass is 16.5. The average molecular weight is 684 g/mol. The molecule has 0 bridgehead atoms. The first kappa shape index (κ1) is 41.0. The molecule has 0 saturated carbocycles. The number of phenols is 2. The average Bonchev–Trinajstić information content (AvgIpc) is 3.12. The molecule has 12 nitrogen and oxygen atoms in total. The molecule has 0 aliphatic heterocycles. The number of aromatic hydroxyl groups is 2. The van der Waals surface area contributed by atoms with E-state index >= 15 is 0 Å². The summed E-state index contributed by atoms with van der Waals surface area (Å²) in [5.74, 6) is -2.99. The molecule has 0 spiro atoms. The highest BCUT2D eigenvalue weighted by Crippen LogP contribution is 2.48. The number of rotatable bonds is 7. The SMILES string of the molecule is CC.COC(C)C(O)C(N)CO.COc1cccc2c1C(=O)c1c(O)c3c(c(O)c1C2=O)C[C@@](O)(C(=O)CO)CC3.Cc1ccccc1C. The normalized spacial score (nSPS) is 17.6. The summed E-state index contributed by atoms with van der Waals surface area (Å²) in [6, 6.07) is 12.2. The number of aryl methyl sites for hydroxylation is 2. The van der Waals surface area contributed by atoms with E-state index in [1.807, 2.05) is 13.8 Å². The summed E-state index contributed by atoms with van der Waals surface area (Å²) in [5, 5.41) is 59.0. The number of ether oxygens (including phenoxy) is 2. The van der Waals surface area contributed by atoms with Crippen molar-refractivity contribution in [3.05, 3.63) is 87.0 Å². The molecule has 0 amide bonds. The largest absolute Gasteiger partial charge is 0.507 e. The van der Waals surface area contributed by atoms with Crippen LogP contribution in [-0.2, 0) is 22.4 Å². The van der Waals surface area contributed by atoms with Gasteiger partial charge in [-0.15, -0.1) is 0 Å². The van der Waals surface area contributed by atoms with E-state index in [-0.39, 0.29) is 71.1 Å². The van der Waals surface area contributed by atoms with Crippen LogP contribution in [0.15, 0.2) is 42.5 Å². The van der Waals surface area contributed by atoms with Crippen LogP contribution in [0.2, 0.25) is 0 Å². The Balaban J connectivity index is 0.000000341. The van der Waals surface area contributed by atoms with Crippen molar-refractivity contribution in [2.45, 2.75) is 77.7 Å². The van der Waals surface area contributed by atoms with Crippen LogP contribution < -0.4 is 10.5 Å². The molecule has 3 unspecified atom stereocenters. The van der Waals surface area contributed by atoms with E-state index in [1.165, 1.54) is 43.5 Å². The fourth-order valence-electron chi connectivity index (χ4n) is 5.47. The molecule has 0 fully saturated rings. The van der Waals surface area contributed by atoms with Crippen molar-refractivity contribution in [3.8, 4) is 17.2 Å². The Kier molecular flexibility index (Phi) is 15.1. The van der Waals surface area contributed by atoms with Crippen LogP contribution >= 0.6 is 0 Å². The van der Waals surface area contributed by atoms with Gasteiger partial charge in [-0.2, -0.15) is 0 Å². The third-order valence-electron chi connectivity index (χ3n) is 8.68. The number of benzene rings is 3. The standard InChI is InChI=1S/C21H18O8.C8H10.C6H15NO3.C2H6/c1-29-12-4-2-3-10-14(12)20(27)16-15(18(10)25)19(26)11-7-21(28,13(23)8-22)6-5-9(11)17(16)24;1-7-5-3-4-6-8(7)2;1-4(10-2)6(9)5(7)3-8;1-2/h2-4,22,24,26,28H,5-8H2,1H3;3-6H,1-2H3;4-6,8-9H,3,7H2,1-2H3;1-2H3/t21-;;;/m1.../s1. The summed E-state index contributed by atoms with van der Waals surface area (Å²) in [6.45, 7) is 8.83. The van der Waals surface area contributed by atoms with Crippen molar-refractivity contribution in [2.24, 2.45) is 5.73 Å². The Labute approximate surface area is 286 Å². The number of hydrogen-bond donors (Lipinski definition) is 7. The third kappa shape index (κ3) is 8.71. The molecular weight excluding hydrogens is 634 g/mol. The van der Waals surface area contributed by atoms with Crippen molar-refractivity contribution in [3.63, 3.8) is 0 Å². The highest BCUT2D eigenvalue weighted by molar-refractivity contribution is 6.31. The van der Waals surface area contributed by atoms with E-state index in [0.29, 0.717) is 0 Å². The summed E-state index contributed by atoms with van der Waals surface area (Å²) in [7, 11) is 2.84. The molecule has 12 heteroatoms. The minimum Gasteiger partial charge on any atom is -0.507 e. The van der Waals surface area contributed by atoms with Gasteiger partial charge in [-0.05, 0) is 50.8 Å². The van der Waals surface area contributed by atoms with Gasteiger partial charge in [0.15, 0.2) is 11.6 Å². The van der Waals surface area contributed by atoms with Crippen LogP contribution in [0.25, 0.3) is 0 Å². The summed E-state index contributed by atoms with van der Waals surface area (Å²) in [6.07, 6.45) is -1.64. The quantitative estimate of drug-likeness (QED) is 0.140. The van der Waals surface area contributed by atoms with E-state index in [2.05, 4.69) is 38.1 Å². The number of carbonyl (C=O) groups excluding carboxylic acids is 3. The van der Waals surface area contributed by atoms with Gasteiger partial charge in [0.05, 0.1) is 48.7 Å². The predicted octanol–water partition coefficient (Wildman–Crippen LogP) is 2.69. The molecule has 0 radical (unpaired) electrons. The maximum Gasteiger partial charge on any atom is 0.202 e. The van der Waals surface area contributed by atoms with Gasteiger partial charge in [-0.25, -0.2) is 0 Å². The first-order valence-corrected chi connectivity index (χ1v) is 16.0. The molecule has 3 aromatic rings. The molecule has 0 saturated heterocycles. The number of aliphatic hydroxyl groups is 4. The third-order valence-corrected chi connectivity index (χ3v) is 8.68. The number of fused-ring (bicyclic) bond motifs is 3. The minimum atomic E-state index is -1.93. The number of hydrogen-bond acceptors (Lipinski definition) is 12. The lowest BCUT2D eigenvalue weighted by Crippen LogP contribution is -2.45. The molecule has 268 valence electrons. The number of aliphatic hydroxyl groups excluding tert-OH is 3. The molecule has 5 rings (SSSR count). The second kappa shape index (κ2) is 18.0. The van der Waals surface area contributed by atoms with Gasteiger partial charge in [0.2, 0.25) is 5.78 Å². The number of ketones is 3. The van der Waals surface area contributed by atoms with Crippen LogP contribution in [0, 0.1) is 13.8 Å². The summed E-state index contributed by atoms with van der Waals surface area (Å²) in [5.41, 5.74) is 5.67. The summed E-state index contributed by atoms with van der Waals surface area (Å²) < 4.78 is 9.98. The molecule has 49 heavy (non-hydrogen) atoms. The number of phenolic OH excluding ortho intramolecular Hbond substituents is 2. The van der Waals surface area contributed by atoms with Crippen molar-refractivity contribution in [2.75, 3.05) is 27.4 Å². The zero-order chi connectivity index (χ0) is 37.2. The zero-order valence-corrected chi connectivity index (χ0v) is 29.1. The fraction of sp³-hybridized carbons (Fsp3) is 0.432. The molecular formula is C37H49NO11. The molecule has 8 N–H and O–H groups in total. The Morgan fingerprint density at radius 3 is 1.94 bits per heavy atom. The molecule has 0 heterocycles. The van der Waals surface area contributed by atoms with Gasteiger partial charge in [0, 0.05) is 30.2 Å². The number of nitrogens with two attached hydrogens (primary N) is 1. The monoisotopic (exact) mass is 683 g/mol. The van der Waals surface area contributed by atoms with Crippen molar-refractivity contribution < 1.29 is 54.5 Å². The fourth-order valence-corrected chi connectivity index (χ4v) is 5.47. The van der Waals surface area contributed by atoms with Gasteiger partial charge >= 0.3 is 0 Å². The Bertz CT molecular complexity index is 1610. The van der Waals surface area contributed by atoms with E-state index < -0.39 is 53.2 Å². The lowest BCUT2D eigenvalue weighted by molar-refractivity contribution is -0.141. The van der Waals surface area contributed by atoms with Gasteiger partial charge in [0.1, 0.15) is 29.5 Å². The lowest BCUT2D eigenvalue weighted by atomic mass is 9.73. The molecule has 4 atom stereocenters. The van der Waals surface area contributed by atoms with Crippen LogP contribution in [0.4, 0.5) is 0 Å².